The fourth-order valence-corrected chi connectivity index (χ4v) is 1.22. The molecule has 82 valence electrons. The number of aromatic nitrogens is 1. The quantitative estimate of drug-likeness (QED) is 0.535. The Morgan fingerprint density at radius 1 is 1.07 bits per heavy atom. The molecule has 1 fully saturated rings. The fourth-order valence-electron chi connectivity index (χ4n) is 0.862. The van der Waals surface area contributed by atoms with Gasteiger partial charge < -0.3 is 0 Å². The molecule has 1 aliphatic heterocycles. The van der Waals surface area contributed by atoms with Gasteiger partial charge in [0.05, 0.1) is 16.1 Å². The van der Waals surface area contributed by atoms with E-state index in [-0.39, 0.29) is 16.5 Å². The van der Waals surface area contributed by atoms with Gasteiger partial charge in [-0.15, -0.1) is 0 Å². The van der Waals surface area contributed by atoms with E-state index in [1.54, 1.807) is 12.4 Å². The van der Waals surface area contributed by atoms with E-state index in [2.05, 4.69) is 21.1 Å². The van der Waals surface area contributed by atoms with E-state index in [4.69, 9.17) is 0 Å². The van der Waals surface area contributed by atoms with E-state index in [1.165, 1.54) is 0 Å². The predicted molar refractivity (Wildman–Crippen MR) is 56.8 cm³/mol. The van der Waals surface area contributed by atoms with Crippen molar-refractivity contribution in [3.63, 3.8) is 0 Å². The maximum Gasteiger partial charge on any atom is 0.239 e. The number of carbonyl (C=O) groups is 2. The standard InChI is InChI=1S/C5H5N.C4H4BrNO2.FH/c1-2-4-6-5-3-1;5-6-3(7)1-2-4(6)8;/h1-5H;1-2H2;1H. The molecule has 0 bridgehead atoms. The molecule has 0 aliphatic carbocycles. The van der Waals surface area contributed by atoms with Crippen molar-refractivity contribution in [3.8, 4) is 0 Å². The first-order valence-electron chi connectivity index (χ1n) is 4.08. The number of pyridine rings is 1. The van der Waals surface area contributed by atoms with Crippen molar-refractivity contribution in [2.75, 3.05) is 0 Å². The molecule has 2 rings (SSSR count). The Morgan fingerprint density at radius 2 is 1.53 bits per heavy atom. The number of amides is 2. The molecule has 1 aromatic rings. The second-order valence-electron chi connectivity index (χ2n) is 2.59. The van der Waals surface area contributed by atoms with Crippen molar-refractivity contribution in [1.82, 2.24) is 8.91 Å². The van der Waals surface area contributed by atoms with E-state index in [0.29, 0.717) is 12.8 Å². The monoisotopic (exact) mass is 276 g/mol. The number of rotatable bonds is 0. The molecule has 0 saturated carbocycles. The Labute approximate surface area is 95.0 Å². The van der Waals surface area contributed by atoms with Crippen LogP contribution in [0.5, 0.6) is 0 Å². The van der Waals surface area contributed by atoms with E-state index >= 15 is 0 Å². The Morgan fingerprint density at radius 3 is 1.67 bits per heavy atom. The average molecular weight is 277 g/mol. The van der Waals surface area contributed by atoms with Crippen molar-refractivity contribution >= 4 is 28.0 Å². The molecule has 1 aliphatic rings. The number of hydrogen-bond acceptors (Lipinski definition) is 3. The molecule has 4 nitrogen and oxygen atoms in total. The third kappa shape index (κ3) is 4.64. The largest absolute Gasteiger partial charge is 0.274 e. The lowest BCUT2D eigenvalue weighted by molar-refractivity contribution is -0.131. The first-order chi connectivity index (χ1) is 6.72. The highest BCUT2D eigenvalue weighted by molar-refractivity contribution is 9.08. The molecule has 6 heteroatoms. The molecule has 15 heavy (non-hydrogen) atoms. The average Bonchev–Trinajstić information content (AvgIpc) is 2.53. The van der Waals surface area contributed by atoms with Crippen molar-refractivity contribution in [3.05, 3.63) is 30.6 Å². The Hall–Kier alpha value is -1.30. The lowest BCUT2D eigenvalue weighted by atomic mass is 10.4. The van der Waals surface area contributed by atoms with Gasteiger partial charge in [0.1, 0.15) is 0 Å². The van der Waals surface area contributed by atoms with Gasteiger partial charge >= 0.3 is 0 Å². The number of halogens is 2. The van der Waals surface area contributed by atoms with Crippen molar-refractivity contribution in [2.24, 2.45) is 0 Å². The van der Waals surface area contributed by atoms with E-state index in [0.717, 1.165) is 3.93 Å². The number of hydrogen-bond donors (Lipinski definition) is 0. The number of nitrogens with zero attached hydrogens (tertiary/aromatic N) is 2. The van der Waals surface area contributed by atoms with Gasteiger partial charge in [0.25, 0.3) is 0 Å². The minimum Gasteiger partial charge on any atom is -0.274 e. The van der Waals surface area contributed by atoms with Crippen molar-refractivity contribution in [2.45, 2.75) is 12.8 Å². The molecule has 1 aromatic heterocycles. The highest BCUT2D eigenvalue weighted by Gasteiger charge is 2.26. The number of carbonyl (C=O) groups excluding carboxylic acids is 2. The third-order valence-corrected chi connectivity index (χ3v) is 2.35. The second kappa shape index (κ2) is 7.05. The Kier molecular flexibility index (Phi) is 6.44. The van der Waals surface area contributed by atoms with Gasteiger partial charge in [-0.3, -0.25) is 19.3 Å². The zero-order valence-corrected chi connectivity index (χ0v) is 9.38. The zero-order valence-electron chi connectivity index (χ0n) is 7.80. The summed E-state index contributed by atoms with van der Waals surface area (Å²) in [6.07, 6.45) is 4.20. The zero-order chi connectivity index (χ0) is 10.4. The van der Waals surface area contributed by atoms with E-state index < -0.39 is 0 Å². The topological polar surface area (TPSA) is 50.3 Å². The van der Waals surface area contributed by atoms with Gasteiger partial charge in [-0.05, 0) is 12.1 Å². The highest BCUT2D eigenvalue weighted by atomic mass is 79.9. The summed E-state index contributed by atoms with van der Waals surface area (Å²) in [5.41, 5.74) is 0. The first kappa shape index (κ1) is 13.7. The van der Waals surface area contributed by atoms with Gasteiger partial charge in [-0.1, -0.05) is 6.07 Å². The SMILES string of the molecule is F.O=C1CCC(=O)N1Br.c1ccncc1. The van der Waals surface area contributed by atoms with Gasteiger partial charge in [0.15, 0.2) is 0 Å². The summed E-state index contributed by atoms with van der Waals surface area (Å²) < 4.78 is 0.979. The van der Waals surface area contributed by atoms with Crippen molar-refractivity contribution in [1.29, 1.82) is 0 Å². The van der Waals surface area contributed by atoms with Crippen LogP contribution in [0, 0.1) is 0 Å². The molecule has 1 saturated heterocycles. The molecule has 0 atom stereocenters. The van der Waals surface area contributed by atoms with E-state index in [9.17, 15) is 9.59 Å². The normalized spacial score (nSPS) is 14.1. The van der Waals surface area contributed by atoms with Crippen LogP contribution < -0.4 is 0 Å². The van der Waals surface area contributed by atoms with E-state index in [1.807, 2.05) is 18.2 Å². The van der Waals surface area contributed by atoms with Crippen LogP contribution in [0.25, 0.3) is 0 Å². The van der Waals surface area contributed by atoms with Crippen LogP contribution in [-0.2, 0) is 9.59 Å². The second-order valence-corrected chi connectivity index (χ2v) is 3.30. The predicted octanol–water partition coefficient (Wildman–Crippen LogP) is 1.68. The lowest BCUT2D eigenvalue weighted by Crippen LogP contribution is -2.16. The third-order valence-electron chi connectivity index (χ3n) is 1.56. The van der Waals surface area contributed by atoms with Gasteiger partial charge in [-0.25, -0.2) is 3.93 Å². The van der Waals surface area contributed by atoms with Crippen LogP contribution in [0.3, 0.4) is 0 Å². The Balaban J connectivity index is 0.000000253. The highest BCUT2D eigenvalue weighted by Crippen LogP contribution is 2.14. The molecule has 2 amide bonds. The van der Waals surface area contributed by atoms with Gasteiger partial charge in [-0.2, -0.15) is 0 Å². The summed E-state index contributed by atoms with van der Waals surface area (Å²) >= 11 is 2.80. The molecule has 0 radical (unpaired) electrons. The minimum absolute atomic E-state index is 0. The summed E-state index contributed by atoms with van der Waals surface area (Å²) in [5, 5.41) is 0. The molecule has 0 spiro atoms. The van der Waals surface area contributed by atoms with Crippen molar-refractivity contribution < 1.29 is 14.3 Å². The van der Waals surface area contributed by atoms with Crippen LogP contribution >= 0.6 is 16.1 Å². The summed E-state index contributed by atoms with van der Waals surface area (Å²) in [7, 11) is 0. The lowest BCUT2D eigenvalue weighted by Gasteiger charge is -1.97. The molecule has 0 unspecified atom stereocenters. The van der Waals surface area contributed by atoms with Crippen LogP contribution in [0.2, 0.25) is 0 Å². The molecular formula is C9H10BrFN2O2. The first-order valence-corrected chi connectivity index (χ1v) is 4.79. The molecule has 0 N–H and O–H groups in total. The number of imide groups is 1. The van der Waals surface area contributed by atoms with Crippen LogP contribution in [-0.4, -0.2) is 20.7 Å². The Bertz CT molecular complexity index is 278. The molecule has 2 heterocycles. The summed E-state index contributed by atoms with van der Waals surface area (Å²) in [5.74, 6) is -0.287. The summed E-state index contributed by atoms with van der Waals surface area (Å²) in [6, 6.07) is 5.72. The van der Waals surface area contributed by atoms with Gasteiger partial charge in [0.2, 0.25) is 11.8 Å². The summed E-state index contributed by atoms with van der Waals surface area (Å²) in [6.45, 7) is 0. The molecular weight excluding hydrogens is 267 g/mol. The minimum atomic E-state index is -0.144. The smallest absolute Gasteiger partial charge is 0.239 e. The molecule has 0 aromatic carbocycles. The van der Waals surface area contributed by atoms with Crippen LogP contribution in [0.15, 0.2) is 30.6 Å². The summed E-state index contributed by atoms with van der Waals surface area (Å²) in [4.78, 5) is 24.7. The van der Waals surface area contributed by atoms with Crippen LogP contribution in [0.4, 0.5) is 4.70 Å². The van der Waals surface area contributed by atoms with Gasteiger partial charge in [0, 0.05) is 25.2 Å². The fraction of sp³-hybridized carbons (Fsp3) is 0.222. The maximum atomic E-state index is 10.4. The van der Waals surface area contributed by atoms with Crippen LogP contribution in [0.1, 0.15) is 12.8 Å². The maximum absolute atomic E-state index is 10.4.